The van der Waals surface area contributed by atoms with Crippen molar-refractivity contribution in [3.63, 3.8) is 0 Å². The van der Waals surface area contributed by atoms with Gasteiger partial charge in [-0.2, -0.15) is 5.10 Å². The van der Waals surface area contributed by atoms with Gasteiger partial charge < -0.3 is 10.0 Å². The quantitative estimate of drug-likeness (QED) is 0.465. The van der Waals surface area contributed by atoms with Crippen LogP contribution in [0.3, 0.4) is 0 Å². The zero-order valence-corrected chi connectivity index (χ0v) is 19.9. The second-order valence-corrected chi connectivity index (χ2v) is 9.17. The summed E-state index contributed by atoms with van der Waals surface area (Å²) in [6.07, 6.45) is 1.79. The van der Waals surface area contributed by atoms with Crippen LogP contribution in [0.15, 0.2) is 48.7 Å². The molecule has 5 rings (SSSR count). The van der Waals surface area contributed by atoms with E-state index < -0.39 is 5.82 Å². The zero-order chi connectivity index (χ0) is 24.7. The number of rotatable bonds is 4. The van der Waals surface area contributed by atoms with Crippen LogP contribution in [-0.4, -0.2) is 66.2 Å². The van der Waals surface area contributed by atoms with Crippen molar-refractivity contribution in [3.05, 3.63) is 71.4 Å². The fraction of sp³-hybridized carbons (Fsp3) is 0.308. The Hall–Kier alpha value is -3.85. The molecule has 4 heterocycles. The summed E-state index contributed by atoms with van der Waals surface area (Å²) in [7, 11) is 0. The number of nitrogens with zero attached hydrogens (tertiary/aromatic N) is 5. The monoisotopic (exact) mass is 474 g/mol. The van der Waals surface area contributed by atoms with Crippen LogP contribution in [0.4, 0.5) is 4.39 Å². The highest BCUT2D eigenvalue weighted by molar-refractivity contribution is 6.07. The molecule has 9 heteroatoms. The molecule has 4 aromatic rings. The Labute approximate surface area is 202 Å². The third-order valence-electron chi connectivity index (χ3n) is 6.63. The number of carbonyl (C=O) groups is 1. The number of hydrogen-bond donors (Lipinski definition) is 2. The Bertz CT molecular complexity index is 1390. The van der Waals surface area contributed by atoms with Gasteiger partial charge in [0.15, 0.2) is 5.65 Å². The van der Waals surface area contributed by atoms with Gasteiger partial charge in [-0.3, -0.25) is 19.8 Å². The molecule has 2 N–H and O–H groups in total. The second-order valence-electron chi connectivity index (χ2n) is 9.17. The lowest BCUT2D eigenvalue weighted by atomic mass is 10.0. The predicted octanol–water partition coefficient (Wildman–Crippen LogP) is 3.91. The van der Waals surface area contributed by atoms with Crippen molar-refractivity contribution in [2.24, 2.45) is 0 Å². The van der Waals surface area contributed by atoms with Gasteiger partial charge in [0.05, 0.1) is 22.3 Å². The molecule has 2 unspecified atom stereocenters. The van der Waals surface area contributed by atoms with Crippen molar-refractivity contribution in [1.82, 2.24) is 30.0 Å². The van der Waals surface area contributed by atoms with Crippen LogP contribution in [0.5, 0.6) is 5.75 Å². The summed E-state index contributed by atoms with van der Waals surface area (Å²) >= 11 is 0. The van der Waals surface area contributed by atoms with Crippen LogP contribution in [0.25, 0.3) is 22.3 Å². The normalized spacial score (nSPS) is 18.8. The summed E-state index contributed by atoms with van der Waals surface area (Å²) in [5, 5.41) is 17.4. The van der Waals surface area contributed by atoms with Gasteiger partial charge >= 0.3 is 0 Å². The van der Waals surface area contributed by atoms with Crippen molar-refractivity contribution in [2.75, 3.05) is 13.1 Å². The molecule has 1 amide bonds. The Morgan fingerprint density at radius 1 is 1.17 bits per heavy atom. The SMILES string of the molecule is Cc1[nH]nc2nc(-c3ccc(O)cc3F)cc(C(=O)N3CC(C)N(Cc4ccccn4)CC3C)c12. The molecule has 0 saturated carbocycles. The molecule has 1 saturated heterocycles. The van der Waals surface area contributed by atoms with Gasteiger partial charge in [-0.05, 0) is 51.1 Å². The minimum atomic E-state index is -0.618. The fourth-order valence-electron chi connectivity index (χ4n) is 4.75. The van der Waals surface area contributed by atoms with Gasteiger partial charge in [0, 0.05) is 55.2 Å². The second kappa shape index (κ2) is 9.07. The van der Waals surface area contributed by atoms with Gasteiger partial charge in [0.2, 0.25) is 0 Å². The Morgan fingerprint density at radius 2 is 2.00 bits per heavy atom. The van der Waals surface area contributed by atoms with E-state index in [1.165, 1.54) is 12.1 Å². The number of amides is 1. The van der Waals surface area contributed by atoms with Crippen molar-refractivity contribution in [1.29, 1.82) is 0 Å². The van der Waals surface area contributed by atoms with Gasteiger partial charge in [-0.15, -0.1) is 0 Å². The maximum absolute atomic E-state index is 14.6. The van der Waals surface area contributed by atoms with Crippen LogP contribution in [-0.2, 0) is 6.54 Å². The van der Waals surface area contributed by atoms with Gasteiger partial charge in [0.25, 0.3) is 5.91 Å². The average Bonchev–Trinajstić information content (AvgIpc) is 3.21. The highest BCUT2D eigenvalue weighted by atomic mass is 19.1. The first-order valence-corrected chi connectivity index (χ1v) is 11.6. The predicted molar refractivity (Wildman–Crippen MR) is 130 cm³/mol. The molecule has 2 atom stereocenters. The lowest BCUT2D eigenvalue weighted by Crippen LogP contribution is -2.57. The summed E-state index contributed by atoms with van der Waals surface area (Å²) in [5.74, 6) is -0.933. The minimum absolute atomic E-state index is 0.0355. The molecule has 1 aliphatic rings. The number of benzene rings is 1. The summed E-state index contributed by atoms with van der Waals surface area (Å²) in [5.41, 5.74) is 2.99. The first kappa shape index (κ1) is 22.9. The number of phenols is 1. The molecule has 3 aromatic heterocycles. The van der Waals surface area contributed by atoms with E-state index >= 15 is 0 Å². The van der Waals surface area contributed by atoms with E-state index in [-0.39, 0.29) is 29.3 Å². The molecule has 35 heavy (non-hydrogen) atoms. The molecule has 1 fully saturated rings. The largest absolute Gasteiger partial charge is 0.508 e. The molecule has 180 valence electrons. The molecule has 0 bridgehead atoms. The van der Waals surface area contributed by atoms with Crippen LogP contribution >= 0.6 is 0 Å². The smallest absolute Gasteiger partial charge is 0.255 e. The number of H-pyrrole nitrogens is 1. The number of aromatic nitrogens is 4. The van der Waals surface area contributed by atoms with Crippen LogP contribution in [0, 0.1) is 12.7 Å². The highest BCUT2D eigenvalue weighted by Gasteiger charge is 2.34. The molecule has 0 spiro atoms. The standard InChI is InChI=1S/C26H27FN6O2/c1-15-13-33(16(2)12-32(15)14-18-6-4-5-9-28-18)26(35)21-11-23(20-8-7-19(34)10-22(20)27)29-25-24(21)17(3)30-31-25/h4-11,15-16,34H,12-14H2,1-3H3,(H,29,30,31). The number of piperazine rings is 1. The Kier molecular flexibility index (Phi) is 5.94. The zero-order valence-electron chi connectivity index (χ0n) is 19.9. The van der Waals surface area contributed by atoms with Crippen molar-refractivity contribution >= 4 is 16.9 Å². The topological polar surface area (TPSA) is 98.2 Å². The van der Waals surface area contributed by atoms with Crippen LogP contribution < -0.4 is 0 Å². The first-order chi connectivity index (χ1) is 16.8. The number of aromatic amines is 1. The highest BCUT2D eigenvalue weighted by Crippen LogP contribution is 2.31. The molecule has 1 aromatic carbocycles. The van der Waals surface area contributed by atoms with Gasteiger partial charge in [0.1, 0.15) is 11.6 Å². The lowest BCUT2D eigenvalue weighted by Gasteiger charge is -2.44. The van der Waals surface area contributed by atoms with E-state index in [0.717, 1.165) is 24.0 Å². The molecule has 0 radical (unpaired) electrons. The van der Waals surface area contributed by atoms with E-state index in [1.807, 2.05) is 36.9 Å². The average molecular weight is 475 g/mol. The maximum atomic E-state index is 14.6. The fourth-order valence-corrected chi connectivity index (χ4v) is 4.75. The number of carbonyl (C=O) groups excluding carboxylic acids is 1. The number of aryl methyl sites for hydroxylation is 1. The van der Waals surface area contributed by atoms with Crippen LogP contribution in [0.2, 0.25) is 0 Å². The summed E-state index contributed by atoms with van der Waals surface area (Å²) in [4.78, 5) is 27.0. The van der Waals surface area contributed by atoms with E-state index in [2.05, 4.69) is 32.0 Å². The Morgan fingerprint density at radius 3 is 2.74 bits per heavy atom. The van der Waals surface area contributed by atoms with E-state index in [1.54, 1.807) is 12.3 Å². The molecule has 1 aliphatic heterocycles. The van der Waals surface area contributed by atoms with E-state index in [0.29, 0.717) is 35.4 Å². The van der Waals surface area contributed by atoms with Crippen LogP contribution in [0.1, 0.15) is 35.6 Å². The number of pyridine rings is 2. The molecular formula is C26H27FN6O2. The number of halogens is 1. The summed E-state index contributed by atoms with van der Waals surface area (Å²) in [6, 6.07) is 11.5. The summed E-state index contributed by atoms with van der Waals surface area (Å²) in [6.45, 7) is 7.97. The number of phenolic OH excluding ortho intramolecular Hbond substituents is 1. The van der Waals surface area contributed by atoms with Gasteiger partial charge in [-0.1, -0.05) is 6.07 Å². The number of nitrogens with one attached hydrogen (secondary N) is 1. The van der Waals surface area contributed by atoms with E-state index in [4.69, 9.17) is 0 Å². The number of hydrogen-bond acceptors (Lipinski definition) is 6. The maximum Gasteiger partial charge on any atom is 0.255 e. The van der Waals surface area contributed by atoms with Crippen molar-refractivity contribution < 1.29 is 14.3 Å². The molecule has 0 aliphatic carbocycles. The minimum Gasteiger partial charge on any atom is -0.508 e. The molecule has 8 nitrogen and oxygen atoms in total. The van der Waals surface area contributed by atoms with E-state index in [9.17, 15) is 14.3 Å². The van der Waals surface area contributed by atoms with Crippen molar-refractivity contribution in [3.8, 4) is 17.0 Å². The van der Waals surface area contributed by atoms with Gasteiger partial charge in [-0.25, -0.2) is 9.37 Å². The number of fused-ring (bicyclic) bond motifs is 1. The first-order valence-electron chi connectivity index (χ1n) is 11.6. The lowest BCUT2D eigenvalue weighted by molar-refractivity contribution is 0.0288. The Balaban J connectivity index is 1.48. The summed E-state index contributed by atoms with van der Waals surface area (Å²) < 4.78 is 14.6. The molecular weight excluding hydrogens is 447 g/mol. The number of aromatic hydroxyl groups is 1. The van der Waals surface area contributed by atoms with Crippen molar-refractivity contribution in [2.45, 2.75) is 39.4 Å². The third kappa shape index (κ3) is 4.35. The third-order valence-corrected chi connectivity index (χ3v) is 6.63.